The number of hydrogen-bond acceptors (Lipinski definition) is 3. The van der Waals surface area contributed by atoms with Crippen LogP contribution in [0.2, 0.25) is 5.02 Å². The van der Waals surface area contributed by atoms with Crippen molar-refractivity contribution in [2.75, 3.05) is 20.7 Å². The largest absolute Gasteiger partial charge is 0.469 e. The Kier molecular flexibility index (Phi) is 12.8. The molecule has 1 rings (SSSR count). The fourth-order valence-electron chi connectivity index (χ4n) is 1.89. The van der Waals surface area contributed by atoms with Gasteiger partial charge in [-0.25, -0.2) is 0 Å². The average Bonchev–Trinajstić information content (AvgIpc) is 2.54. The van der Waals surface area contributed by atoms with E-state index >= 15 is 0 Å². The minimum atomic E-state index is -0.145. The highest BCUT2D eigenvalue weighted by Crippen LogP contribution is 2.09. The summed E-state index contributed by atoms with van der Waals surface area (Å²) in [5.74, 6) is 0.622. The van der Waals surface area contributed by atoms with Crippen molar-refractivity contribution in [3.8, 4) is 0 Å². The lowest BCUT2D eigenvalue weighted by Crippen LogP contribution is -2.37. The van der Waals surface area contributed by atoms with Gasteiger partial charge in [0.2, 0.25) is 0 Å². The van der Waals surface area contributed by atoms with Crippen LogP contribution >= 0.6 is 35.6 Å². The third-order valence-corrected chi connectivity index (χ3v) is 3.43. The van der Waals surface area contributed by atoms with Gasteiger partial charge >= 0.3 is 5.97 Å². The molecule has 0 amide bonds. The maximum Gasteiger partial charge on any atom is 0.305 e. The van der Waals surface area contributed by atoms with Crippen molar-refractivity contribution in [1.82, 2.24) is 10.6 Å². The fraction of sp³-hybridized carbons (Fsp3) is 0.500. The van der Waals surface area contributed by atoms with Crippen molar-refractivity contribution in [2.45, 2.75) is 32.2 Å². The molecule has 0 unspecified atom stereocenters. The first kappa shape index (κ1) is 22.0. The highest BCUT2D eigenvalue weighted by Gasteiger charge is 2.00. The van der Waals surface area contributed by atoms with E-state index < -0.39 is 0 Å². The van der Waals surface area contributed by atoms with E-state index in [9.17, 15) is 4.79 Å². The summed E-state index contributed by atoms with van der Waals surface area (Å²) in [6, 6.07) is 7.71. The van der Waals surface area contributed by atoms with Crippen molar-refractivity contribution in [3.05, 3.63) is 34.9 Å². The topological polar surface area (TPSA) is 62.7 Å². The Labute approximate surface area is 160 Å². The molecule has 2 N–H and O–H groups in total. The summed E-state index contributed by atoms with van der Waals surface area (Å²) in [4.78, 5) is 15.1. The number of ether oxygens (including phenoxy) is 1. The lowest BCUT2D eigenvalue weighted by atomic mass is 10.2. The second-order valence-corrected chi connectivity index (χ2v) is 5.30. The Bertz CT molecular complexity index is 481. The summed E-state index contributed by atoms with van der Waals surface area (Å²) >= 11 is 5.86. The first-order valence-corrected chi connectivity index (χ1v) is 7.79. The minimum Gasteiger partial charge on any atom is -0.469 e. The van der Waals surface area contributed by atoms with Gasteiger partial charge in [0.05, 0.1) is 7.11 Å². The van der Waals surface area contributed by atoms with E-state index in [0.717, 1.165) is 42.4 Å². The average molecular weight is 454 g/mol. The van der Waals surface area contributed by atoms with Crippen molar-refractivity contribution in [3.63, 3.8) is 0 Å². The zero-order valence-electron chi connectivity index (χ0n) is 13.6. The lowest BCUT2D eigenvalue weighted by Gasteiger charge is -2.12. The number of guanidine groups is 1. The Balaban J connectivity index is 0.00000484. The maximum absolute atomic E-state index is 11.0. The number of methoxy groups -OCH3 is 1. The number of benzene rings is 1. The normalized spacial score (nSPS) is 10.7. The number of unbranched alkanes of at least 4 members (excludes halogenated alkanes) is 2. The van der Waals surface area contributed by atoms with E-state index in [2.05, 4.69) is 20.4 Å². The molecule has 23 heavy (non-hydrogen) atoms. The molecule has 1 aromatic rings. The van der Waals surface area contributed by atoms with E-state index in [0.29, 0.717) is 13.0 Å². The SMILES string of the molecule is CN=C(NCCCCCC(=O)OC)NCc1ccc(Cl)cc1.I. The van der Waals surface area contributed by atoms with Crippen LogP contribution in [0.5, 0.6) is 0 Å². The Morgan fingerprint density at radius 3 is 2.48 bits per heavy atom. The molecular formula is C16H25ClIN3O2. The zero-order valence-corrected chi connectivity index (χ0v) is 16.7. The van der Waals surface area contributed by atoms with Crippen LogP contribution in [0.4, 0.5) is 0 Å². The quantitative estimate of drug-likeness (QED) is 0.208. The van der Waals surface area contributed by atoms with Crippen LogP contribution in [0.3, 0.4) is 0 Å². The van der Waals surface area contributed by atoms with Gasteiger partial charge < -0.3 is 15.4 Å². The fourth-order valence-corrected chi connectivity index (χ4v) is 2.01. The highest BCUT2D eigenvalue weighted by atomic mass is 127. The number of esters is 1. The summed E-state index contributed by atoms with van der Waals surface area (Å²) in [5, 5.41) is 7.23. The van der Waals surface area contributed by atoms with Crippen molar-refractivity contribution in [1.29, 1.82) is 0 Å². The Hall–Kier alpha value is -1.02. The molecule has 0 aliphatic rings. The van der Waals surface area contributed by atoms with Gasteiger partial charge in [0.15, 0.2) is 5.96 Å². The molecular weight excluding hydrogens is 429 g/mol. The van der Waals surface area contributed by atoms with Gasteiger partial charge in [-0.15, -0.1) is 24.0 Å². The highest BCUT2D eigenvalue weighted by molar-refractivity contribution is 14.0. The second kappa shape index (κ2) is 13.4. The number of aliphatic imine (C=N–C) groups is 1. The Morgan fingerprint density at radius 1 is 1.17 bits per heavy atom. The molecule has 130 valence electrons. The molecule has 0 heterocycles. The molecule has 0 aliphatic heterocycles. The number of carbonyl (C=O) groups excluding carboxylic acids is 1. The van der Waals surface area contributed by atoms with Crippen LogP contribution in [-0.4, -0.2) is 32.6 Å². The third-order valence-electron chi connectivity index (χ3n) is 3.17. The van der Waals surface area contributed by atoms with Crippen molar-refractivity contribution in [2.24, 2.45) is 4.99 Å². The predicted octanol–water partition coefficient (Wildman–Crippen LogP) is 3.36. The van der Waals surface area contributed by atoms with E-state index in [1.54, 1.807) is 7.05 Å². The smallest absolute Gasteiger partial charge is 0.305 e. The molecule has 5 nitrogen and oxygen atoms in total. The molecule has 7 heteroatoms. The van der Waals surface area contributed by atoms with Crippen molar-refractivity contribution < 1.29 is 9.53 Å². The summed E-state index contributed by atoms with van der Waals surface area (Å²) in [7, 11) is 3.16. The summed E-state index contributed by atoms with van der Waals surface area (Å²) in [5.41, 5.74) is 1.14. The zero-order chi connectivity index (χ0) is 16.2. The standard InChI is InChI=1S/C16H24ClN3O2.HI/c1-18-16(19-11-5-3-4-6-15(21)22-2)20-12-13-7-9-14(17)10-8-13;/h7-10H,3-6,11-12H2,1-2H3,(H2,18,19,20);1H. The van der Waals surface area contributed by atoms with Crippen LogP contribution < -0.4 is 10.6 Å². The Morgan fingerprint density at radius 2 is 1.87 bits per heavy atom. The molecule has 1 aromatic carbocycles. The molecule has 0 aromatic heterocycles. The first-order chi connectivity index (χ1) is 10.7. The predicted molar refractivity (Wildman–Crippen MR) is 106 cm³/mol. The molecule has 0 spiro atoms. The summed E-state index contributed by atoms with van der Waals surface area (Å²) < 4.78 is 4.60. The minimum absolute atomic E-state index is 0. The van der Waals surface area contributed by atoms with E-state index in [4.69, 9.17) is 11.6 Å². The van der Waals surface area contributed by atoms with Crippen LogP contribution in [0.1, 0.15) is 31.2 Å². The van der Waals surface area contributed by atoms with E-state index in [-0.39, 0.29) is 29.9 Å². The molecule has 0 aliphatic carbocycles. The van der Waals surface area contributed by atoms with Gasteiger partial charge in [-0.2, -0.15) is 0 Å². The molecule has 0 saturated heterocycles. The summed E-state index contributed by atoms with van der Waals surface area (Å²) in [6.07, 6.45) is 3.31. The molecule has 0 radical (unpaired) electrons. The van der Waals surface area contributed by atoms with Gasteiger partial charge in [-0.1, -0.05) is 30.2 Å². The van der Waals surface area contributed by atoms with Gasteiger partial charge in [0.25, 0.3) is 0 Å². The monoisotopic (exact) mass is 453 g/mol. The van der Waals surface area contributed by atoms with Crippen LogP contribution in [0.25, 0.3) is 0 Å². The number of hydrogen-bond donors (Lipinski definition) is 2. The van der Waals surface area contributed by atoms with Gasteiger partial charge in [0, 0.05) is 31.6 Å². The summed E-state index contributed by atoms with van der Waals surface area (Å²) in [6.45, 7) is 1.51. The number of halogens is 2. The van der Waals surface area contributed by atoms with Gasteiger partial charge in [-0.3, -0.25) is 9.79 Å². The van der Waals surface area contributed by atoms with Crippen molar-refractivity contribution >= 4 is 47.5 Å². The van der Waals surface area contributed by atoms with Gasteiger partial charge in [-0.05, 0) is 30.5 Å². The first-order valence-electron chi connectivity index (χ1n) is 7.41. The van der Waals surface area contributed by atoms with Crippen LogP contribution in [-0.2, 0) is 16.1 Å². The molecule has 0 fully saturated rings. The molecule has 0 bridgehead atoms. The number of rotatable bonds is 8. The van der Waals surface area contributed by atoms with Crippen LogP contribution in [0.15, 0.2) is 29.3 Å². The maximum atomic E-state index is 11.0. The van der Waals surface area contributed by atoms with E-state index in [1.165, 1.54) is 7.11 Å². The number of nitrogens with one attached hydrogen (secondary N) is 2. The van der Waals surface area contributed by atoms with Gasteiger partial charge in [0.1, 0.15) is 0 Å². The second-order valence-electron chi connectivity index (χ2n) is 4.87. The van der Waals surface area contributed by atoms with E-state index in [1.807, 2.05) is 24.3 Å². The lowest BCUT2D eigenvalue weighted by molar-refractivity contribution is -0.140. The van der Waals surface area contributed by atoms with Crippen LogP contribution in [0, 0.1) is 0 Å². The molecule has 0 saturated carbocycles. The number of carbonyl (C=O) groups is 1. The molecule has 0 atom stereocenters. The third kappa shape index (κ3) is 10.4. The number of nitrogens with zero attached hydrogens (tertiary/aromatic N) is 1.